The van der Waals surface area contributed by atoms with Crippen molar-refractivity contribution < 1.29 is 14.5 Å². The van der Waals surface area contributed by atoms with Gasteiger partial charge in [-0.1, -0.05) is 30.3 Å². The summed E-state index contributed by atoms with van der Waals surface area (Å²) in [5.41, 5.74) is 1.55. The molecule has 1 unspecified atom stereocenters. The molecule has 0 aliphatic heterocycles. The molecule has 2 aromatic carbocycles. The van der Waals surface area contributed by atoms with Crippen LogP contribution in [0.5, 0.6) is 0 Å². The Morgan fingerprint density at radius 3 is 2.70 bits per heavy atom. The Morgan fingerprint density at radius 2 is 2.03 bits per heavy atom. The molecule has 0 spiro atoms. The van der Waals surface area contributed by atoms with E-state index in [-0.39, 0.29) is 29.0 Å². The molecule has 0 saturated carbocycles. The highest BCUT2D eigenvalue weighted by Crippen LogP contribution is 2.26. The third-order valence-electron chi connectivity index (χ3n) is 4.75. The second-order valence-corrected chi connectivity index (χ2v) is 6.88. The maximum Gasteiger partial charge on any atom is 0.293 e. The van der Waals surface area contributed by atoms with Crippen molar-refractivity contribution in [2.45, 2.75) is 19.4 Å². The molecule has 3 rings (SSSR count). The second-order valence-electron chi connectivity index (χ2n) is 6.88. The van der Waals surface area contributed by atoms with E-state index in [1.54, 1.807) is 29.9 Å². The number of anilines is 1. The van der Waals surface area contributed by atoms with Crippen LogP contribution < -0.4 is 5.32 Å². The van der Waals surface area contributed by atoms with Crippen molar-refractivity contribution in [2.24, 2.45) is 7.05 Å². The van der Waals surface area contributed by atoms with E-state index < -0.39 is 4.92 Å². The highest BCUT2D eigenvalue weighted by molar-refractivity contribution is 6.07. The largest absolute Gasteiger partial charge is 0.379 e. The van der Waals surface area contributed by atoms with E-state index >= 15 is 0 Å². The van der Waals surface area contributed by atoms with Gasteiger partial charge in [0, 0.05) is 44.2 Å². The molecular formula is C22H24N4O4. The summed E-state index contributed by atoms with van der Waals surface area (Å²) in [6.45, 7) is 3.02. The molecule has 0 aliphatic carbocycles. The van der Waals surface area contributed by atoms with Gasteiger partial charge in [0.05, 0.1) is 11.0 Å². The summed E-state index contributed by atoms with van der Waals surface area (Å²) < 4.78 is 7.40. The number of aryl methyl sites for hydroxylation is 1. The molecule has 0 saturated heterocycles. The minimum atomic E-state index is -0.495. The van der Waals surface area contributed by atoms with Gasteiger partial charge < -0.3 is 14.6 Å². The van der Waals surface area contributed by atoms with Crippen LogP contribution in [0.3, 0.4) is 0 Å². The molecule has 3 aromatic rings. The first-order valence-corrected chi connectivity index (χ1v) is 9.68. The number of carbonyl (C=O) groups excluding carboxylic acids is 1. The molecule has 0 amide bonds. The third-order valence-corrected chi connectivity index (χ3v) is 4.75. The molecule has 1 heterocycles. The predicted octanol–water partition coefficient (Wildman–Crippen LogP) is 4.14. The average Bonchev–Trinajstić information content (AvgIpc) is 3.19. The summed E-state index contributed by atoms with van der Waals surface area (Å²) >= 11 is 0. The Bertz CT molecular complexity index is 1020. The average molecular weight is 408 g/mol. The molecule has 1 atom stereocenters. The first-order valence-electron chi connectivity index (χ1n) is 9.68. The number of ether oxygens (including phenoxy) is 1. The third kappa shape index (κ3) is 5.09. The first-order chi connectivity index (χ1) is 14.5. The maximum absolute atomic E-state index is 12.6. The predicted molar refractivity (Wildman–Crippen MR) is 114 cm³/mol. The van der Waals surface area contributed by atoms with Crippen LogP contribution in [0.15, 0.2) is 60.9 Å². The van der Waals surface area contributed by atoms with Crippen LogP contribution in [0.2, 0.25) is 0 Å². The number of nitro groups is 1. The monoisotopic (exact) mass is 408 g/mol. The Labute approximate surface area is 174 Å². The van der Waals surface area contributed by atoms with Gasteiger partial charge in [0.1, 0.15) is 5.69 Å². The molecular weight excluding hydrogens is 384 g/mol. The fraction of sp³-hybridized carbons (Fsp3) is 0.273. The molecule has 8 nitrogen and oxygen atoms in total. The summed E-state index contributed by atoms with van der Waals surface area (Å²) in [6.07, 6.45) is 3.83. The van der Waals surface area contributed by atoms with Crippen molar-refractivity contribution in [3.63, 3.8) is 0 Å². The topological polar surface area (TPSA) is 99.3 Å². The summed E-state index contributed by atoms with van der Waals surface area (Å²) in [5, 5.41) is 14.6. The number of ketones is 1. The van der Waals surface area contributed by atoms with Gasteiger partial charge in [-0.05, 0) is 31.0 Å². The Balaban J connectivity index is 1.57. The Kier molecular flexibility index (Phi) is 6.92. The number of nitro benzene ring substituents is 1. The van der Waals surface area contributed by atoms with Gasteiger partial charge in [0.25, 0.3) is 5.69 Å². The minimum Gasteiger partial charge on any atom is -0.379 e. The molecule has 1 aromatic heterocycles. The number of hydrogen-bond donors (Lipinski definition) is 1. The summed E-state index contributed by atoms with van der Waals surface area (Å²) in [4.78, 5) is 27.6. The number of aromatic nitrogens is 2. The summed E-state index contributed by atoms with van der Waals surface area (Å²) in [6, 6.07) is 14.3. The first kappa shape index (κ1) is 21.2. The van der Waals surface area contributed by atoms with Gasteiger partial charge in [0.15, 0.2) is 5.82 Å². The van der Waals surface area contributed by atoms with Crippen molar-refractivity contribution in [2.75, 3.05) is 18.5 Å². The summed E-state index contributed by atoms with van der Waals surface area (Å²) in [5.74, 6) is -0.129. The van der Waals surface area contributed by atoms with Gasteiger partial charge in [0.2, 0.25) is 5.78 Å². The lowest BCUT2D eigenvalue weighted by Crippen LogP contribution is -2.11. The highest BCUT2D eigenvalue weighted by Gasteiger charge is 2.20. The van der Waals surface area contributed by atoms with Gasteiger partial charge in [-0.15, -0.1) is 0 Å². The zero-order valence-corrected chi connectivity index (χ0v) is 16.9. The van der Waals surface area contributed by atoms with E-state index in [2.05, 4.69) is 10.3 Å². The van der Waals surface area contributed by atoms with Gasteiger partial charge >= 0.3 is 0 Å². The molecule has 0 fully saturated rings. The molecule has 8 heteroatoms. The van der Waals surface area contributed by atoms with Crippen molar-refractivity contribution in [3.05, 3.63) is 88.0 Å². The van der Waals surface area contributed by atoms with Crippen LogP contribution in [0.1, 0.15) is 41.2 Å². The number of carbonyl (C=O) groups is 1. The zero-order chi connectivity index (χ0) is 21.5. The molecule has 0 radical (unpaired) electrons. The number of imidazole rings is 1. The number of benzene rings is 2. The van der Waals surface area contributed by atoms with Crippen LogP contribution in [0.25, 0.3) is 0 Å². The molecule has 0 aliphatic rings. The van der Waals surface area contributed by atoms with Gasteiger partial charge in [-0.3, -0.25) is 14.9 Å². The minimum absolute atomic E-state index is 0.0167. The van der Waals surface area contributed by atoms with Crippen LogP contribution in [-0.4, -0.2) is 33.4 Å². The molecule has 0 bridgehead atoms. The Hall–Kier alpha value is -3.52. The van der Waals surface area contributed by atoms with Crippen molar-refractivity contribution in [1.29, 1.82) is 0 Å². The lowest BCUT2D eigenvalue weighted by atomic mass is 10.1. The molecule has 30 heavy (non-hydrogen) atoms. The van der Waals surface area contributed by atoms with E-state index in [0.29, 0.717) is 25.3 Å². The van der Waals surface area contributed by atoms with Gasteiger partial charge in [-0.2, -0.15) is 0 Å². The van der Waals surface area contributed by atoms with Gasteiger partial charge in [-0.25, -0.2) is 4.98 Å². The standard InChI is InChI=1S/C22H24N4O4/c1-16(17-7-4-3-5-8-17)30-14-6-11-23-19-10-9-18(15-20(19)26(28)29)21(27)22-24-12-13-25(22)2/h3-5,7-10,12-13,15-16,23H,6,11,14H2,1-2H3. The number of hydrogen-bond acceptors (Lipinski definition) is 6. The second kappa shape index (κ2) is 9.80. The lowest BCUT2D eigenvalue weighted by Gasteiger charge is -2.14. The van der Waals surface area contributed by atoms with E-state index in [9.17, 15) is 14.9 Å². The molecule has 1 N–H and O–H groups in total. The number of rotatable bonds is 10. The quantitative estimate of drug-likeness (QED) is 0.234. The lowest BCUT2D eigenvalue weighted by molar-refractivity contribution is -0.384. The van der Waals surface area contributed by atoms with E-state index in [1.165, 1.54) is 12.3 Å². The smallest absolute Gasteiger partial charge is 0.293 e. The maximum atomic E-state index is 12.6. The number of nitrogens with zero attached hydrogens (tertiary/aromatic N) is 3. The van der Waals surface area contributed by atoms with Crippen LogP contribution in [0, 0.1) is 10.1 Å². The number of nitrogens with one attached hydrogen (secondary N) is 1. The van der Waals surface area contributed by atoms with E-state index in [0.717, 1.165) is 5.56 Å². The van der Waals surface area contributed by atoms with Crippen LogP contribution >= 0.6 is 0 Å². The molecule has 156 valence electrons. The Morgan fingerprint density at radius 1 is 1.27 bits per heavy atom. The fourth-order valence-corrected chi connectivity index (χ4v) is 3.06. The fourth-order valence-electron chi connectivity index (χ4n) is 3.06. The highest BCUT2D eigenvalue weighted by atomic mass is 16.6. The zero-order valence-electron chi connectivity index (χ0n) is 16.9. The summed E-state index contributed by atoms with van der Waals surface area (Å²) in [7, 11) is 1.70. The van der Waals surface area contributed by atoms with Crippen LogP contribution in [0.4, 0.5) is 11.4 Å². The normalized spacial score (nSPS) is 11.8. The van der Waals surface area contributed by atoms with Crippen molar-refractivity contribution in [3.8, 4) is 0 Å². The SMILES string of the molecule is CC(OCCCNc1ccc(C(=O)c2nccn2C)cc1[N+](=O)[O-])c1ccccc1. The van der Waals surface area contributed by atoms with Crippen LogP contribution in [-0.2, 0) is 11.8 Å². The van der Waals surface area contributed by atoms with E-state index in [1.807, 2.05) is 37.3 Å². The van der Waals surface area contributed by atoms with E-state index in [4.69, 9.17) is 4.74 Å². The van der Waals surface area contributed by atoms with Crippen molar-refractivity contribution in [1.82, 2.24) is 9.55 Å². The van der Waals surface area contributed by atoms with Crippen molar-refractivity contribution >= 4 is 17.2 Å².